The normalized spacial score (nSPS) is 30.0. The van der Waals surface area contributed by atoms with Crippen molar-refractivity contribution in [1.29, 1.82) is 0 Å². The number of imide groups is 2. The number of amides is 4. The Bertz CT molecular complexity index is 1830. The van der Waals surface area contributed by atoms with Crippen molar-refractivity contribution in [3.8, 4) is 5.75 Å². The second-order valence-electron chi connectivity index (χ2n) is 11.7. The van der Waals surface area contributed by atoms with Gasteiger partial charge in [-0.25, -0.2) is 26.9 Å². The standard InChI is InChI=1S/C30H20BrCl2F5N2O7/c31-10-3-6-15(41)13(8-10)18-11-4-5-12-17(26(45)39(25(12)44)7-1-2-16(42)43)14(11)9-29(32)27(46)40(28(47)30(18,29)33)24-22(37)20(35)19(34)21(36)23(24)38/h3-4,6,8,12,14,17-18,41H,1-2,5,7,9H2,(H,42,43). The van der Waals surface area contributed by atoms with E-state index in [1.54, 1.807) is 0 Å². The molecule has 2 saturated heterocycles. The van der Waals surface area contributed by atoms with Crippen molar-refractivity contribution < 1.29 is 56.1 Å². The molecule has 9 nitrogen and oxygen atoms in total. The van der Waals surface area contributed by atoms with Gasteiger partial charge in [0.15, 0.2) is 33.0 Å². The summed E-state index contributed by atoms with van der Waals surface area (Å²) in [5.74, 6) is -23.7. The van der Waals surface area contributed by atoms with Crippen molar-refractivity contribution >= 4 is 74.4 Å². The molecule has 0 aromatic heterocycles. The number of phenols is 1. The quantitative estimate of drug-likeness (QED) is 0.102. The van der Waals surface area contributed by atoms with E-state index in [1.165, 1.54) is 24.3 Å². The van der Waals surface area contributed by atoms with Gasteiger partial charge in [-0.2, -0.15) is 0 Å². The Hall–Kier alpha value is -3.56. The highest BCUT2D eigenvalue weighted by Gasteiger charge is 2.77. The Morgan fingerprint density at radius 2 is 1.55 bits per heavy atom. The average molecular weight is 766 g/mol. The maximum absolute atomic E-state index is 15.1. The fourth-order valence-electron chi connectivity index (χ4n) is 7.34. The molecule has 2 N–H and O–H groups in total. The van der Waals surface area contributed by atoms with Gasteiger partial charge in [-0.15, -0.1) is 23.2 Å². The summed E-state index contributed by atoms with van der Waals surface area (Å²) in [5, 5.41) is 20.0. The Labute approximate surface area is 280 Å². The number of carboxylic acids is 1. The number of aromatic hydroxyl groups is 1. The van der Waals surface area contributed by atoms with Gasteiger partial charge in [-0.1, -0.05) is 27.6 Å². The molecule has 17 heteroatoms. The molecule has 2 heterocycles. The molecule has 2 aromatic rings. The molecule has 6 unspecified atom stereocenters. The fraction of sp³-hybridized carbons (Fsp3) is 0.367. The number of likely N-dealkylation sites (tertiary alicyclic amines) is 1. The Kier molecular flexibility index (Phi) is 7.99. The molecule has 248 valence electrons. The number of halogens is 8. The number of alkyl halides is 2. The first-order valence-electron chi connectivity index (χ1n) is 14.0. The maximum Gasteiger partial charge on any atom is 0.303 e. The second-order valence-corrected chi connectivity index (χ2v) is 13.9. The number of fused-ring (bicyclic) bond motifs is 4. The Morgan fingerprint density at radius 3 is 2.17 bits per heavy atom. The molecular formula is C30H20BrCl2F5N2O7. The number of phenolic OH excluding ortho intramolecular Hbond substituents is 1. The summed E-state index contributed by atoms with van der Waals surface area (Å²) in [5.41, 5.74) is -1.88. The van der Waals surface area contributed by atoms with Gasteiger partial charge in [0.05, 0.1) is 11.8 Å². The number of anilines is 1. The highest BCUT2D eigenvalue weighted by atomic mass is 79.9. The van der Waals surface area contributed by atoms with Crippen LogP contribution in [0.15, 0.2) is 34.3 Å². The van der Waals surface area contributed by atoms with E-state index < -0.39 is 110 Å². The zero-order valence-electron chi connectivity index (χ0n) is 23.5. The minimum atomic E-state index is -2.77. The molecule has 2 aliphatic carbocycles. The summed E-state index contributed by atoms with van der Waals surface area (Å²) in [7, 11) is 0. The number of nitrogens with zero attached hydrogens (tertiary/aromatic N) is 2. The molecule has 6 atom stereocenters. The van der Waals surface area contributed by atoms with Gasteiger partial charge < -0.3 is 10.2 Å². The zero-order chi connectivity index (χ0) is 34.5. The van der Waals surface area contributed by atoms with Crippen molar-refractivity contribution in [2.75, 3.05) is 11.4 Å². The Balaban J connectivity index is 1.55. The lowest BCUT2D eigenvalue weighted by atomic mass is 9.56. The maximum atomic E-state index is 15.1. The van der Waals surface area contributed by atoms with Crippen LogP contribution in [0.4, 0.5) is 27.6 Å². The molecule has 4 aliphatic rings. The predicted molar refractivity (Wildman–Crippen MR) is 156 cm³/mol. The number of carboxylic acid groups (broad SMARTS) is 1. The summed E-state index contributed by atoms with van der Waals surface area (Å²) in [6.45, 7) is -0.230. The van der Waals surface area contributed by atoms with Crippen LogP contribution in [-0.4, -0.2) is 61.0 Å². The number of carbonyl (C=O) groups excluding carboxylic acids is 4. The monoisotopic (exact) mass is 764 g/mol. The van der Waals surface area contributed by atoms with E-state index in [2.05, 4.69) is 15.9 Å². The van der Waals surface area contributed by atoms with E-state index in [1.807, 2.05) is 0 Å². The summed E-state index contributed by atoms with van der Waals surface area (Å²) >= 11 is 17.3. The molecule has 3 fully saturated rings. The number of aliphatic carboxylic acids is 1. The first kappa shape index (κ1) is 33.3. The smallest absolute Gasteiger partial charge is 0.303 e. The summed E-state index contributed by atoms with van der Waals surface area (Å²) in [4.78, 5) is 61.6. The lowest BCUT2D eigenvalue weighted by Crippen LogP contribution is -2.60. The average Bonchev–Trinajstić information content (AvgIpc) is 3.34. The number of benzene rings is 2. The summed E-state index contributed by atoms with van der Waals surface area (Å²) in [6, 6.07) is 3.93. The van der Waals surface area contributed by atoms with Gasteiger partial charge in [0.1, 0.15) is 11.4 Å². The van der Waals surface area contributed by atoms with Crippen molar-refractivity contribution in [2.45, 2.75) is 41.3 Å². The molecule has 0 spiro atoms. The number of hydrogen-bond donors (Lipinski definition) is 2. The molecule has 2 aliphatic heterocycles. The largest absolute Gasteiger partial charge is 0.508 e. The minimum absolute atomic E-state index is 0.0557. The lowest BCUT2D eigenvalue weighted by molar-refractivity contribution is -0.142. The summed E-state index contributed by atoms with van der Waals surface area (Å²) < 4.78 is 73.1. The number of rotatable bonds is 6. The van der Waals surface area contributed by atoms with Gasteiger partial charge in [0.2, 0.25) is 17.6 Å². The number of allylic oxidation sites excluding steroid dienone is 2. The van der Waals surface area contributed by atoms with Crippen molar-refractivity contribution in [2.24, 2.45) is 17.8 Å². The van der Waals surface area contributed by atoms with E-state index in [9.17, 15) is 42.3 Å². The van der Waals surface area contributed by atoms with Crippen LogP contribution in [0.1, 0.15) is 37.2 Å². The number of carbonyl (C=O) groups is 5. The van der Waals surface area contributed by atoms with E-state index in [-0.39, 0.29) is 41.8 Å². The molecule has 6 rings (SSSR count). The molecule has 0 radical (unpaired) electrons. The SMILES string of the molecule is O=C(O)CCCN1C(=O)C2CC=C3C(CC4(Cl)C(=O)N(c5c(F)c(F)c(F)c(F)c5F)C(=O)C4(Cl)C3c3cc(Br)ccc3O)C2C1=O. The van der Waals surface area contributed by atoms with Gasteiger partial charge in [0, 0.05) is 28.9 Å². The molecule has 2 aromatic carbocycles. The predicted octanol–water partition coefficient (Wildman–Crippen LogP) is 5.28. The first-order chi connectivity index (χ1) is 22.0. The van der Waals surface area contributed by atoms with Gasteiger partial charge in [-0.05, 0) is 43.4 Å². The highest BCUT2D eigenvalue weighted by Crippen LogP contribution is 2.66. The van der Waals surface area contributed by atoms with Crippen LogP contribution >= 0.6 is 39.1 Å². The van der Waals surface area contributed by atoms with Gasteiger partial charge in [0.25, 0.3) is 11.8 Å². The second kappa shape index (κ2) is 11.3. The van der Waals surface area contributed by atoms with E-state index in [0.29, 0.717) is 4.47 Å². The van der Waals surface area contributed by atoms with Crippen molar-refractivity contribution in [1.82, 2.24) is 4.90 Å². The Morgan fingerprint density at radius 1 is 0.936 bits per heavy atom. The molecule has 4 amide bonds. The molecule has 0 bridgehead atoms. The van der Waals surface area contributed by atoms with E-state index in [4.69, 9.17) is 28.3 Å². The number of hydrogen-bond acceptors (Lipinski definition) is 6. The summed E-state index contributed by atoms with van der Waals surface area (Å²) in [6.07, 6.45) is 0.303. The third kappa shape index (κ3) is 4.48. The van der Waals surface area contributed by atoms with Crippen molar-refractivity contribution in [3.63, 3.8) is 0 Å². The topological polar surface area (TPSA) is 132 Å². The van der Waals surface area contributed by atoms with Gasteiger partial charge >= 0.3 is 5.97 Å². The minimum Gasteiger partial charge on any atom is -0.508 e. The van der Waals surface area contributed by atoms with E-state index in [0.717, 1.165) is 4.90 Å². The van der Waals surface area contributed by atoms with Crippen LogP contribution in [0.2, 0.25) is 0 Å². The third-order valence-corrected chi connectivity index (χ3v) is 11.3. The van der Waals surface area contributed by atoms with Crippen LogP contribution < -0.4 is 4.90 Å². The molecule has 1 saturated carbocycles. The molecular weight excluding hydrogens is 746 g/mol. The zero-order valence-corrected chi connectivity index (χ0v) is 26.6. The van der Waals surface area contributed by atoms with Crippen LogP contribution in [-0.2, 0) is 24.0 Å². The fourth-order valence-corrected chi connectivity index (χ4v) is 8.65. The lowest BCUT2D eigenvalue weighted by Gasteiger charge is -2.50. The van der Waals surface area contributed by atoms with Gasteiger partial charge in [-0.3, -0.25) is 28.9 Å². The third-order valence-electron chi connectivity index (χ3n) is 9.39. The van der Waals surface area contributed by atoms with E-state index >= 15 is 8.78 Å². The highest BCUT2D eigenvalue weighted by molar-refractivity contribution is 9.10. The van der Waals surface area contributed by atoms with Crippen LogP contribution in [0.25, 0.3) is 0 Å². The van der Waals surface area contributed by atoms with Crippen LogP contribution in [0.3, 0.4) is 0 Å². The molecule has 47 heavy (non-hydrogen) atoms. The van der Waals surface area contributed by atoms with Crippen molar-refractivity contribution in [3.05, 3.63) is 69.0 Å². The van der Waals surface area contributed by atoms with Crippen LogP contribution in [0.5, 0.6) is 5.75 Å². The first-order valence-corrected chi connectivity index (χ1v) is 15.6. The van der Waals surface area contributed by atoms with Crippen LogP contribution in [0, 0.1) is 46.8 Å².